The fraction of sp³-hybridized carbons (Fsp3) is 0.250. The zero-order valence-electron chi connectivity index (χ0n) is 9.21. The summed E-state index contributed by atoms with van der Waals surface area (Å²) in [6.07, 6.45) is -4.98. The summed E-state index contributed by atoms with van der Waals surface area (Å²) in [6, 6.07) is 6.34. The highest BCUT2D eigenvalue weighted by Crippen LogP contribution is 2.35. The van der Waals surface area contributed by atoms with Crippen molar-refractivity contribution in [2.24, 2.45) is 0 Å². The van der Waals surface area contributed by atoms with Crippen LogP contribution in [0.3, 0.4) is 0 Å². The number of para-hydroxylation sites is 1. The molecular formula is C12H10F3NO2. The van der Waals surface area contributed by atoms with Crippen molar-refractivity contribution in [2.75, 3.05) is 0 Å². The summed E-state index contributed by atoms with van der Waals surface area (Å²) in [5.41, 5.74) is -0.476. The van der Waals surface area contributed by atoms with Crippen molar-refractivity contribution >= 4 is 16.9 Å². The van der Waals surface area contributed by atoms with Gasteiger partial charge in [0.25, 0.3) is 0 Å². The minimum Gasteiger partial charge on any atom is -0.481 e. The van der Waals surface area contributed by atoms with Gasteiger partial charge in [-0.3, -0.25) is 4.79 Å². The van der Waals surface area contributed by atoms with Gasteiger partial charge in [-0.1, -0.05) is 18.2 Å². The molecule has 96 valence electrons. The summed E-state index contributed by atoms with van der Waals surface area (Å²) in [7, 11) is 0. The lowest BCUT2D eigenvalue weighted by Crippen LogP contribution is -2.10. The Kier molecular flexibility index (Phi) is 3.02. The molecule has 0 aliphatic heterocycles. The maximum absolute atomic E-state index is 12.8. The first-order valence-corrected chi connectivity index (χ1v) is 5.28. The highest BCUT2D eigenvalue weighted by Gasteiger charge is 2.36. The Labute approximate surface area is 100 Å². The lowest BCUT2D eigenvalue weighted by Gasteiger charge is -2.07. The summed E-state index contributed by atoms with van der Waals surface area (Å²) in [5.74, 6) is -1.12. The largest absolute Gasteiger partial charge is 0.481 e. The lowest BCUT2D eigenvalue weighted by atomic mass is 10.1. The van der Waals surface area contributed by atoms with E-state index in [1.54, 1.807) is 18.2 Å². The molecule has 2 N–H and O–H groups in total. The first-order valence-electron chi connectivity index (χ1n) is 5.28. The highest BCUT2D eigenvalue weighted by atomic mass is 19.4. The van der Waals surface area contributed by atoms with Gasteiger partial charge in [0, 0.05) is 17.3 Å². The fourth-order valence-electron chi connectivity index (χ4n) is 1.93. The van der Waals surface area contributed by atoms with Crippen molar-refractivity contribution < 1.29 is 23.1 Å². The average Bonchev–Trinajstić information content (AvgIpc) is 2.64. The Morgan fingerprint density at radius 1 is 1.28 bits per heavy atom. The number of alkyl halides is 3. The number of aliphatic carboxylic acids is 1. The van der Waals surface area contributed by atoms with Crippen LogP contribution in [-0.4, -0.2) is 16.1 Å². The number of aromatic amines is 1. The molecule has 0 spiro atoms. The second kappa shape index (κ2) is 4.36. The molecule has 0 bridgehead atoms. The number of aryl methyl sites for hydroxylation is 1. The number of hydrogen-bond donors (Lipinski definition) is 2. The predicted molar refractivity (Wildman–Crippen MR) is 59.3 cm³/mol. The van der Waals surface area contributed by atoms with Gasteiger partial charge in [-0.2, -0.15) is 13.2 Å². The van der Waals surface area contributed by atoms with Crippen molar-refractivity contribution in [3.8, 4) is 0 Å². The normalized spacial score (nSPS) is 11.9. The van der Waals surface area contributed by atoms with Crippen molar-refractivity contribution in [2.45, 2.75) is 19.0 Å². The van der Waals surface area contributed by atoms with Crippen molar-refractivity contribution in [3.63, 3.8) is 0 Å². The SMILES string of the molecule is O=C(O)CCc1c(C(F)(F)F)[nH]c2ccccc12. The molecule has 1 aromatic carbocycles. The number of carboxylic acids is 1. The molecular weight excluding hydrogens is 247 g/mol. The third-order valence-corrected chi connectivity index (χ3v) is 2.69. The highest BCUT2D eigenvalue weighted by molar-refractivity contribution is 5.85. The summed E-state index contributed by atoms with van der Waals surface area (Å²) < 4.78 is 38.5. The molecule has 1 aromatic heterocycles. The summed E-state index contributed by atoms with van der Waals surface area (Å²) in [6.45, 7) is 0. The van der Waals surface area contributed by atoms with E-state index in [1.165, 1.54) is 6.07 Å². The van der Waals surface area contributed by atoms with E-state index in [9.17, 15) is 18.0 Å². The maximum atomic E-state index is 12.8. The molecule has 0 aliphatic rings. The van der Waals surface area contributed by atoms with Crippen LogP contribution in [0.2, 0.25) is 0 Å². The van der Waals surface area contributed by atoms with Gasteiger partial charge in [-0.15, -0.1) is 0 Å². The van der Waals surface area contributed by atoms with Gasteiger partial charge in [0.05, 0.1) is 0 Å². The number of benzene rings is 1. The second-order valence-corrected chi connectivity index (χ2v) is 3.92. The van der Waals surface area contributed by atoms with Gasteiger partial charge in [0.2, 0.25) is 0 Å². The molecule has 6 heteroatoms. The molecule has 0 atom stereocenters. The van der Waals surface area contributed by atoms with E-state index in [0.717, 1.165) is 0 Å². The molecule has 0 amide bonds. The van der Waals surface area contributed by atoms with Crippen LogP contribution in [0.15, 0.2) is 24.3 Å². The Balaban J connectivity index is 2.54. The van der Waals surface area contributed by atoms with Gasteiger partial charge in [0.1, 0.15) is 5.69 Å². The quantitative estimate of drug-likeness (QED) is 0.887. The van der Waals surface area contributed by atoms with Gasteiger partial charge < -0.3 is 10.1 Å². The maximum Gasteiger partial charge on any atom is 0.431 e. The predicted octanol–water partition coefficient (Wildman–Crippen LogP) is 3.20. The number of halogens is 3. The topological polar surface area (TPSA) is 53.1 Å². The molecule has 0 unspecified atom stereocenters. The molecule has 2 rings (SSSR count). The minimum absolute atomic E-state index is 0.0144. The van der Waals surface area contributed by atoms with E-state index in [0.29, 0.717) is 10.9 Å². The van der Waals surface area contributed by atoms with E-state index < -0.39 is 17.8 Å². The molecule has 0 radical (unpaired) electrons. The molecule has 2 aromatic rings. The number of hydrogen-bond acceptors (Lipinski definition) is 1. The van der Waals surface area contributed by atoms with Gasteiger partial charge in [-0.05, 0) is 18.1 Å². The molecule has 18 heavy (non-hydrogen) atoms. The second-order valence-electron chi connectivity index (χ2n) is 3.92. The van der Waals surface area contributed by atoms with Crippen LogP contribution in [0.1, 0.15) is 17.7 Å². The third-order valence-electron chi connectivity index (χ3n) is 2.69. The Hall–Kier alpha value is -1.98. The first kappa shape index (κ1) is 12.5. The number of H-pyrrole nitrogens is 1. The van der Waals surface area contributed by atoms with E-state index in [-0.39, 0.29) is 18.4 Å². The van der Waals surface area contributed by atoms with Crippen LogP contribution in [0.4, 0.5) is 13.2 Å². The van der Waals surface area contributed by atoms with E-state index >= 15 is 0 Å². The molecule has 3 nitrogen and oxygen atoms in total. The zero-order chi connectivity index (χ0) is 13.3. The monoisotopic (exact) mass is 257 g/mol. The van der Waals surface area contributed by atoms with Gasteiger partial charge in [-0.25, -0.2) is 0 Å². The number of carboxylic acid groups (broad SMARTS) is 1. The number of carbonyl (C=O) groups is 1. The number of aromatic nitrogens is 1. The van der Waals surface area contributed by atoms with E-state index in [1.807, 2.05) is 0 Å². The van der Waals surface area contributed by atoms with Crippen LogP contribution in [0.25, 0.3) is 10.9 Å². The van der Waals surface area contributed by atoms with Gasteiger partial charge in [0.15, 0.2) is 0 Å². The Morgan fingerprint density at radius 2 is 1.94 bits per heavy atom. The Bertz CT molecular complexity index is 587. The van der Waals surface area contributed by atoms with Crippen LogP contribution in [-0.2, 0) is 17.4 Å². The smallest absolute Gasteiger partial charge is 0.431 e. The summed E-state index contributed by atoms with van der Waals surface area (Å²) in [5, 5.41) is 9.01. The fourth-order valence-corrected chi connectivity index (χ4v) is 1.93. The standard InChI is InChI=1S/C12H10F3NO2/c13-12(14,15)11-8(5-6-10(17)18)7-3-1-2-4-9(7)16-11/h1-4,16H,5-6H2,(H,17,18). The van der Waals surface area contributed by atoms with Crippen molar-refractivity contribution in [1.29, 1.82) is 0 Å². The molecule has 0 saturated carbocycles. The first-order chi connectivity index (χ1) is 8.39. The van der Waals surface area contributed by atoms with Crippen LogP contribution < -0.4 is 0 Å². The zero-order valence-corrected chi connectivity index (χ0v) is 9.21. The summed E-state index contributed by atoms with van der Waals surface area (Å²) in [4.78, 5) is 12.8. The van der Waals surface area contributed by atoms with E-state index in [4.69, 9.17) is 5.11 Å². The average molecular weight is 257 g/mol. The number of fused-ring (bicyclic) bond motifs is 1. The lowest BCUT2D eigenvalue weighted by molar-refractivity contribution is -0.142. The van der Waals surface area contributed by atoms with Crippen LogP contribution in [0, 0.1) is 0 Å². The molecule has 1 heterocycles. The van der Waals surface area contributed by atoms with Crippen LogP contribution >= 0.6 is 0 Å². The van der Waals surface area contributed by atoms with Crippen molar-refractivity contribution in [3.05, 3.63) is 35.5 Å². The van der Waals surface area contributed by atoms with Crippen molar-refractivity contribution in [1.82, 2.24) is 4.98 Å². The van der Waals surface area contributed by atoms with Crippen LogP contribution in [0.5, 0.6) is 0 Å². The van der Waals surface area contributed by atoms with E-state index in [2.05, 4.69) is 4.98 Å². The Morgan fingerprint density at radius 3 is 2.56 bits per heavy atom. The molecule has 0 fully saturated rings. The van der Waals surface area contributed by atoms with Gasteiger partial charge >= 0.3 is 12.1 Å². The minimum atomic E-state index is -4.51. The number of nitrogens with one attached hydrogen (secondary N) is 1. The third kappa shape index (κ3) is 2.32. The molecule has 0 saturated heterocycles. The summed E-state index contributed by atoms with van der Waals surface area (Å²) >= 11 is 0. The number of rotatable bonds is 3. The molecule has 0 aliphatic carbocycles.